The lowest BCUT2D eigenvalue weighted by atomic mass is 10.3. The number of sulfone groups is 1. The maximum Gasteiger partial charge on any atom is 0.326 e. The summed E-state index contributed by atoms with van der Waals surface area (Å²) in [6.07, 6.45) is -0.690. The van der Waals surface area contributed by atoms with Gasteiger partial charge in [0.2, 0.25) is 0 Å². The molecule has 0 aliphatic heterocycles. The van der Waals surface area contributed by atoms with Crippen molar-refractivity contribution in [1.29, 1.82) is 0 Å². The first-order chi connectivity index (χ1) is 7.21. The van der Waals surface area contributed by atoms with Gasteiger partial charge in [-0.2, -0.15) is 0 Å². The third-order valence-corrected chi connectivity index (χ3v) is 4.69. The topological polar surface area (TPSA) is 118 Å². The van der Waals surface area contributed by atoms with E-state index >= 15 is 0 Å². The van der Waals surface area contributed by atoms with Crippen molar-refractivity contribution in [2.75, 3.05) is 17.6 Å². The second-order valence-electron chi connectivity index (χ2n) is 3.28. The zero-order valence-electron chi connectivity index (χ0n) is 8.28. The molecule has 0 bridgehead atoms. The van der Waals surface area contributed by atoms with E-state index in [1.807, 2.05) is 0 Å². The standard InChI is InChI=1S/C8H12NO5PS/c9-7-2-1-3-8(6-7)16(13,14)5-4-15(10,11)12/h1-3,6H,4-5,9H2,(H2,10,11,12). The third-order valence-electron chi connectivity index (χ3n) is 1.87. The Hall–Kier alpha value is -0.880. The Labute approximate surface area is 93.2 Å². The van der Waals surface area contributed by atoms with Crippen molar-refractivity contribution in [3.8, 4) is 0 Å². The molecular weight excluding hydrogens is 253 g/mol. The predicted molar refractivity (Wildman–Crippen MR) is 59.8 cm³/mol. The fourth-order valence-corrected chi connectivity index (χ4v) is 3.81. The molecule has 6 nitrogen and oxygen atoms in total. The zero-order valence-corrected chi connectivity index (χ0v) is 9.99. The lowest BCUT2D eigenvalue weighted by molar-refractivity contribution is 0.374. The van der Waals surface area contributed by atoms with Crippen LogP contribution in [-0.2, 0) is 14.4 Å². The highest BCUT2D eigenvalue weighted by molar-refractivity contribution is 7.91. The molecule has 1 rings (SSSR count). The Morgan fingerprint density at radius 2 is 1.94 bits per heavy atom. The van der Waals surface area contributed by atoms with Crippen LogP contribution in [0.1, 0.15) is 0 Å². The van der Waals surface area contributed by atoms with Crippen LogP contribution >= 0.6 is 7.60 Å². The minimum Gasteiger partial charge on any atom is -0.399 e. The largest absolute Gasteiger partial charge is 0.399 e. The van der Waals surface area contributed by atoms with Crippen LogP contribution in [0.15, 0.2) is 29.2 Å². The number of nitrogens with two attached hydrogens (primary N) is 1. The molecule has 1 aromatic carbocycles. The molecule has 0 amide bonds. The second-order valence-corrected chi connectivity index (χ2v) is 7.17. The van der Waals surface area contributed by atoms with E-state index in [4.69, 9.17) is 15.5 Å². The monoisotopic (exact) mass is 265 g/mol. The second kappa shape index (κ2) is 4.55. The van der Waals surface area contributed by atoms with Crippen molar-refractivity contribution in [3.05, 3.63) is 24.3 Å². The van der Waals surface area contributed by atoms with E-state index in [1.165, 1.54) is 24.3 Å². The molecule has 1 aromatic rings. The maximum absolute atomic E-state index is 11.6. The first kappa shape index (κ1) is 13.2. The molecule has 90 valence electrons. The van der Waals surface area contributed by atoms with Crippen LogP contribution in [0, 0.1) is 0 Å². The van der Waals surface area contributed by atoms with Gasteiger partial charge in [-0.1, -0.05) is 6.07 Å². The van der Waals surface area contributed by atoms with Gasteiger partial charge in [0.1, 0.15) is 0 Å². The number of hydrogen-bond donors (Lipinski definition) is 3. The Bertz CT molecular complexity index is 521. The summed E-state index contributed by atoms with van der Waals surface area (Å²) in [5.41, 5.74) is 5.71. The fourth-order valence-electron chi connectivity index (χ4n) is 1.06. The Balaban J connectivity index is 2.91. The van der Waals surface area contributed by atoms with Gasteiger partial charge in [-0.3, -0.25) is 4.57 Å². The van der Waals surface area contributed by atoms with Gasteiger partial charge in [-0.25, -0.2) is 8.42 Å². The fraction of sp³-hybridized carbons (Fsp3) is 0.250. The van der Waals surface area contributed by atoms with Gasteiger partial charge in [0.25, 0.3) is 0 Å². The average molecular weight is 265 g/mol. The van der Waals surface area contributed by atoms with Crippen LogP contribution in [-0.4, -0.2) is 30.1 Å². The molecule has 0 aliphatic rings. The molecule has 0 heterocycles. The quantitative estimate of drug-likeness (QED) is 0.529. The highest BCUT2D eigenvalue weighted by atomic mass is 32.2. The summed E-state index contributed by atoms with van der Waals surface area (Å²) in [7, 11) is -7.99. The highest BCUT2D eigenvalue weighted by Crippen LogP contribution is 2.34. The smallest absolute Gasteiger partial charge is 0.326 e. The van der Waals surface area contributed by atoms with Gasteiger partial charge >= 0.3 is 7.60 Å². The highest BCUT2D eigenvalue weighted by Gasteiger charge is 2.21. The Morgan fingerprint density at radius 1 is 1.31 bits per heavy atom. The number of benzene rings is 1. The lowest BCUT2D eigenvalue weighted by Crippen LogP contribution is -2.11. The molecule has 0 aliphatic carbocycles. The number of nitrogen functional groups attached to an aromatic ring is 1. The van der Waals surface area contributed by atoms with E-state index in [2.05, 4.69) is 0 Å². The van der Waals surface area contributed by atoms with Gasteiger partial charge in [0.05, 0.1) is 16.8 Å². The van der Waals surface area contributed by atoms with Crippen LogP contribution in [0.2, 0.25) is 0 Å². The molecule has 4 N–H and O–H groups in total. The van der Waals surface area contributed by atoms with E-state index in [1.54, 1.807) is 0 Å². The SMILES string of the molecule is Nc1cccc(S(=O)(=O)CCP(=O)(O)O)c1. The van der Waals surface area contributed by atoms with Gasteiger partial charge in [0.15, 0.2) is 9.84 Å². The molecule has 0 saturated carbocycles. The minimum atomic E-state index is -4.30. The van der Waals surface area contributed by atoms with Crippen LogP contribution in [0.3, 0.4) is 0 Å². The average Bonchev–Trinajstić information content (AvgIpc) is 2.14. The summed E-state index contributed by atoms with van der Waals surface area (Å²) in [6, 6.07) is 5.60. The Morgan fingerprint density at radius 3 is 2.44 bits per heavy atom. The van der Waals surface area contributed by atoms with Crippen molar-refractivity contribution in [2.24, 2.45) is 0 Å². The molecule has 8 heteroatoms. The first-order valence-electron chi connectivity index (χ1n) is 4.33. The van der Waals surface area contributed by atoms with Crippen molar-refractivity contribution in [2.45, 2.75) is 4.90 Å². The van der Waals surface area contributed by atoms with Crippen LogP contribution in [0.5, 0.6) is 0 Å². The molecule has 0 radical (unpaired) electrons. The summed E-state index contributed by atoms with van der Waals surface area (Å²) in [5.74, 6) is -0.596. The predicted octanol–water partition coefficient (Wildman–Crippen LogP) is 0.220. The third kappa shape index (κ3) is 3.94. The van der Waals surface area contributed by atoms with Crippen molar-refractivity contribution >= 4 is 23.1 Å². The van der Waals surface area contributed by atoms with E-state index < -0.39 is 29.3 Å². The van der Waals surface area contributed by atoms with Gasteiger partial charge < -0.3 is 15.5 Å². The van der Waals surface area contributed by atoms with Crippen LogP contribution in [0.4, 0.5) is 5.69 Å². The van der Waals surface area contributed by atoms with Crippen LogP contribution in [0.25, 0.3) is 0 Å². The van der Waals surface area contributed by atoms with E-state index in [0.29, 0.717) is 0 Å². The number of hydrogen-bond acceptors (Lipinski definition) is 4. The molecule has 0 atom stereocenters. The molecule has 0 aromatic heterocycles. The summed E-state index contributed by atoms with van der Waals surface area (Å²) in [6.45, 7) is 0. The zero-order chi connectivity index (χ0) is 12.4. The van der Waals surface area contributed by atoms with Crippen molar-refractivity contribution < 1.29 is 22.8 Å². The number of rotatable bonds is 4. The number of anilines is 1. The summed E-state index contributed by atoms with van der Waals surface area (Å²) >= 11 is 0. The molecule has 0 fully saturated rings. The first-order valence-corrected chi connectivity index (χ1v) is 7.78. The van der Waals surface area contributed by atoms with E-state index in [-0.39, 0.29) is 10.6 Å². The van der Waals surface area contributed by atoms with Gasteiger partial charge in [0, 0.05) is 5.69 Å². The molecule has 16 heavy (non-hydrogen) atoms. The van der Waals surface area contributed by atoms with Gasteiger partial charge in [-0.15, -0.1) is 0 Å². The van der Waals surface area contributed by atoms with Gasteiger partial charge in [-0.05, 0) is 18.2 Å². The molecular formula is C8H12NO5PS. The lowest BCUT2D eigenvalue weighted by Gasteiger charge is -2.06. The van der Waals surface area contributed by atoms with Crippen molar-refractivity contribution in [3.63, 3.8) is 0 Å². The normalized spacial score (nSPS) is 12.6. The van der Waals surface area contributed by atoms with E-state index in [9.17, 15) is 13.0 Å². The maximum atomic E-state index is 11.6. The molecule has 0 unspecified atom stereocenters. The van der Waals surface area contributed by atoms with Crippen molar-refractivity contribution in [1.82, 2.24) is 0 Å². The van der Waals surface area contributed by atoms with E-state index in [0.717, 1.165) is 0 Å². The summed E-state index contributed by atoms with van der Waals surface area (Å²) in [5, 5.41) is 0. The summed E-state index contributed by atoms with van der Waals surface area (Å²) < 4.78 is 33.8. The Kier molecular flexibility index (Phi) is 3.75. The minimum absolute atomic E-state index is 0.0269. The molecule has 0 saturated heterocycles. The molecule has 0 spiro atoms. The summed E-state index contributed by atoms with van der Waals surface area (Å²) in [4.78, 5) is 17.2. The van der Waals surface area contributed by atoms with Crippen LogP contribution < -0.4 is 5.73 Å².